The van der Waals surface area contributed by atoms with Crippen LogP contribution >= 0.6 is 0 Å². The fourth-order valence-corrected chi connectivity index (χ4v) is 1.76. The second kappa shape index (κ2) is 7.18. The highest BCUT2D eigenvalue weighted by Gasteiger charge is 2.11. The molecule has 5 nitrogen and oxygen atoms in total. The SMILES string of the molecule is CCCc1ccc(OC(=O)Oc2ccc(C#N)c(F)c2)nc1. The van der Waals surface area contributed by atoms with Gasteiger partial charge in [0.2, 0.25) is 5.88 Å². The number of hydrogen-bond donors (Lipinski definition) is 0. The van der Waals surface area contributed by atoms with Crippen molar-refractivity contribution >= 4 is 6.16 Å². The maximum Gasteiger partial charge on any atom is 0.520 e. The Morgan fingerprint density at radius 2 is 2.14 bits per heavy atom. The lowest BCUT2D eigenvalue weighted by atomic mass is 10.2. The molecule has 2 aromatic rings. The van der Waals surface area contributed by atoms with Crippen LogP contribution in [0.4, 0.5) is 9.18 Å². The third-order valence-corrected chi connectivity index (χ3v) is 2.79. The summed E-state index contributed by atoms with van der Waals surface area (Å²) < 4.78 is 23.1. The molecule has 0 atom stereocenters. The van der Waals surface area contributed by atoms with Gasteiger partial charge >= 0.3 is 6.16 Å². The molecule has 22 heavy (non-hydrogen) atoms. The first-order valence-corrected chi connectivity index (χ1v) is 6.66. The van der Waals surface area contributed by atoms with Crippen molar-refractivity contribution in [2.24, 2.45) is 0 Å². The van der Waals surface area contributed by atoms with Gasteiger partial charge in [0.25, 0.3) is 0 Å². The van der Waals surface area contributed by atoms with E-state index in [2.05, 4.69) is 11.9 Å². The zero-order valence-electron chi connectivity index (χ0n) is 11.9. The number of rotatable bonds is 4. The zero-order chi connectivity index (χ0) is 15.9. The first kappa shape index (κ1) is 15.4. The molecule has 0 saturated heterocycles. The number of carbonyl (C=O) groups excluding carboxylic acids is 1. The van der Waals surface area contributed by atoms with Gasteiger partial charge in [-0.3, -0.25) is 0 Å². The van der Waals surface area contributed by atoms with Crippen LogP contribution in [0.5, 0.6) is 11.6 Å². The predicted octanol–water partition coefficient (Wildman–Crippen LogP) is 3.62. The second-order valence-corrected chi connectivity index (χ2v) is 4.46. The molecule has 0 unspecified atom stereocenters. The van der Waals surface area contributed by atoms with Crippen LogP contribution in [-0.2, 0) is 6.42 Å². The number of nitriles is 1. The summed E-state index contributed by atoms with van der Waals surface area (Å²) in [5, 5.41) is 8.62. The number of benzene rings is 1. The maximum absolute atomic E-state index is 13.4. The van der Waals surface area contributed by atoms with Crippen LogP contribution in [0.3, 0.4) is 0 Å². The number of carbonyl (C=O) groups is 1. The average Bonchev–Trinajstić information content (AvgIpc) is 2.50. The van der Waals surface area contributed by atoms with Crippen molar-refractivity contribution < 1.29 is 18.7 Å². The number of aryl methyl sites for hydroxylation is 1. The van der Waals surface area contributed by atoms with Gasteiger partial charge in [0.15, 0.2) is 0 Å². The van der Waals surface area contributed by atoms with E-state index in [1.54, 1.807) is 24.4 Å². The summed E-state index contributed by atoms with van der Waals surface area (Å²) in [4.78, 5) is 15.6. The van der Waals surface area contributed by atoms with Crippen molar-refractivity contribution in [2.45, 2.75) is 19.8 Å². The van der Waals surface area contributed by atoms with Crippen molar-refractivity contribution in [3.05, 3.63) is 53.5 Å². The highest BCUT2D eigenvalue weighted by Crippen LogP contribution is 2.17. The summed E-state index contributed by atoms with van der Waals surface area (Å²) in [6, 6.07) is 8.51. The summed E-state index contributed by atoms with van der Waals surface area (Å²) >= 11 is 0. The van der Waals surface area contributed by atoms with E-state index in [1.165, 1.54) is 12.1 Å². The van der Waals surface area contributed by atoms with Gasteiger partial charge in [0.1, 0.15) is 17.6 Å². The molecule has 1 aromatic heterocycles. The number of nitrogens with zero attached hydrogens (tertiary/aromatic N) is 2. The van der Waals surface area contributed by atoms with E-state index >= 15 is 0 Å². The summed E-state index contributed by atoms with van der Waals surface area (Å²) in [7, 11) is 0. The van der Waals surface area contributed by atoms with Gasteiger partial charge in [-0.25, -0.2) is 14.2 Å². The molecule has 2 rings (SSSR count). The van der Waals surface area contributed by atoms with Gasteiger partial charge in [0.05, 0.1) is 5.56 Å². The lowest BCUT2D eigenvalue weighted by Gasteiger charge is -2.06. The number of pyridine rings is 1. The van der Waals surface area contributed by atoms with Gasteiger partial charge < -0.3 is 9.47 Å². The molecular formula is C16H13FN2O3. The normalized spacial score (nSPS) is 9.86. The molecule has 6 heteroatoms. The molecule has 0 N–H and O–H groups in total. The molecule has 0 amide bonds. The predicted molar refractivity (Wildman–Crippen MR) is 76.0 cm³/mol. The van der Waals surface area contributed by atoms with Crippen LogP contribution in [0.25, 0.3) is 0 Å². The minimum absolute atomic E-state index is 0.0518. The summed E-state index contributed by atoms with van der Waals surface area (Å²) in [5.74, 6) is -0.724. The Balaban J connectivity index is 1.98. The molecule has 1 heterocycles. The first-order chi connectivity index (χ1) is 10.6. The maximum atomic E-state index is 13.4. The summed E-state index contributed by atoms with van der Waals surface area (Å²) in [6.45, 7) is 2.05. The first-order valence-electron chi connectivity index (χ1n) is 6.66. The van der Waals surface area contributed by atoms with Gasteiger partial charge in [0, 0.05) is 18.3 Å². The van der Waals surface area contributed by atoms with Crippen molar-refractivity contribution in [2.75, 3.05) is 0 Å². The van der Waals surface area contributed by atoms with Gasteiger partial charge in [-0.1, -0.05) is 19.4 Å². The Bertz CT molecular complexity index is 708. The van der Waals surface area contributed by atoms with E-state index in [4.69, 9.17) is 14.7 Å². The number of aromatic nitrogens is 1. The van der Waals surface area contributed by atoms with E-state index in [9.17, 15) is 9.18 Å². The standard InChI is InChI=1S/C16H13FN2O3/c1-2-3-11-4-7-15(19-10-11)22-16(20)21-13-6-5-12(9-18)14(17)8-13/h4-8,10H,2-3H2,1H3. The number of hydrogen-bond acceptors (Lipinski definition) is 5. The van der Waals surface area contributed by atoms with E-state index in [-0.39, 0.29) is 17.2 Å². The molecule has 1 aromatic carbocycles. The smallest absolute Gasteiger partial charge is 0.395 e. The fraction of sp³-hybridized carbons (Fsp3) is 0.188. The Morgan fingerprint density at radius 1 is 1.32 bits per heavy atom. The minimum atomic E-state index is -1.03. The van der Waals surface area contributed by atoms with Crippen LogP contribution in [0.2, 0.25) is 0 Å². The third kappa shape index (κ3) is 4.03. The van der Waals surface area contributed by atoms with Gasteiger partial charge in [-0.15, -0.1) is 0 Å². The highest BCUT2D eigenvalue weighted by molar-refractivity contribution is 5.66. The molecule has 112 valence electrons. The summed E-state index contributed by atoms with van der Waals surface area (Å²) in [6.07, 6.45) is 2.48. The van der Waals surface area contributed by atoms with Crippen molar-refractivity contribution in [3.63, 3.8) is 0 Å². The lowest BCUT2D eigenvalue weighted by molar-refractivity contribution is 0.150. The molecule has 0 bridgehead atoms. The van der Waals surface area contributed by atoms with Crippen LogP contribution in [0.1, 0.15) is 24.5 Å². The van der Waals surface area contributed by atoms with Gasteiger partial charge in [-0.2, -0.15) is 5.26 Å². The Hall–Kier alpha value is -2.94. The van der Waals surface area contributed by atoms with E-state index in [0.29, 0.717) is 0 Å². The Morgan fingerprint density at radius 3 is 2.73 bits per heavy atom. The quantitative estimate of drug-likeness (QED) is 0.637. The van der Waals surface area contributed by atoms with Crippen molar-refractivity contribution in [1.29, 1.82) is 5.26 Å². The number of ether oxygens (including phenoxy) is 2. The third-order valence-electron chi connectivity index (χ3n) is 2.79. The average molecular weight is 300 g/mol. The van der Waals surface area contributed by atoms with E-state index in [1.807, 2.05) is 0 Å². The molecule has 0 fully saturated rings. The van der Waals surface area contributed by atoms with Crippen LogP contribution in [-0.4, -0.2) is 11.1 Å². The highest BCUT2D eigenvalue weighted by atomic mass is 19.1. The minimum Gasteiger partial charge on any atom is -0.395 e. The van der Waals surface area contributed by atoms with Crippen LogP contribution in [0.15, 0.2) is 36.5 Å². The topological polar surface area (TPSA) is 72.2 Å². The molecule has 0 radical (unpaired) electrons. The molecule has 0 aliphatic rings. The molecule has 0 spiro atoms. The molecule has 0 saturated carbocycles. The van der Waals surface area contributed by atoms with Crippen molar-refractivity contribution in [3.8, 4) is 17.7 Å². The number of halogens is 1. The Labute approximate surface area is 126 Å². The van der Waals surface area contributed by atoms with Gasteiger partial charge in [-0.05, 0) is 24.1 Å². The Kier molecular flexibility index (Phi) is 5.04. The van der Waals surface area contributed by atoms with E-state index < -0.39 is 12.0 Å². The van der Waals surface area contributed by atoms with E-state index in [0.717, 1.165) is 24.5 Å². The second-order valence-electron chi connectivity index (χ2n) is 4.46. The monoisotopic (exact) mass is 300 g/mol. The van der Waals surface area contributed by atoms with Crippen LogP contribution in [0, 0.1) is 17.1 Å². The lowest BCUT2D eigenvalue weighted by Crippen LogP contribution is -2.14. The molecule has 0 aliphatic heterocycles. The van der Waals surface area contributed by atoms with Crippen LogP contribution < -0.4 is 9.47 Å². The zero-order valence-corrected chi connectivity index (χ0v) is 11.9. The summed E-state index contributed by atoms with van der Waals surface area (Å²) in [5.41, 5.74) is 0.909. The fourth-order valence-electron chi connectivity index (χ4n) is 1.76. The largest absolute Gasteiger partial charge is 0.520 e. The van der Waals surface area contributed by atoms with Crippen molar-refractivity contribution in [1.82, 2.24) is 4.98 Å². The molecule has 0 aliphatic carbocycles. The molecular weight excluding hydrogens is 287 g/mol.